The van der Waals surface area contributed by atoms with E-state index in [9.17, 15) is 9.59 Å². The Balaban J connectivity index is 1.40. The highest BCUT2D eigenvalue weighted by molar-refractivity contribution is 5.86. The molecule has 140 valence electrons. The van der Waals surface area contributed by atoms with Gasteiger partial charge >= 0.3 is 0 Å². The average Bonchev–Trinajstić information content (AvgIpc) is 3.27. The van der Waals surface area contributed by atoms with Crippen LogP contribution in [-0.4, -0.2) is 39.7 Å². The lowest BCUT2D eigenvalue weighted by Gasteiger charge is -2.17. The number of fused-ring (bicyclic) bond motifs is 1. The second-order valence-electron chi connectivity index (χ2n) is 6.90. The van der Waals surface area contributed by atoms with Crippen molar-refractivity contribution in [1.29, 1.82) is 0 Å². The van der Waals surface area contributed by atoms with Crippen LogP contribution in [0.15, 0.2) is 45.7 Å². The standard InChI is InChI=1S/C20H21N3O4/c1-13-9-15(10-19(24)22(13)2)26-14-7-8-23(12-14)20(25)11-17-16-5-3-4-6-18(16)27-21-17/h3-6,9-10,14H,7-8,11-12H2,1-2H3. The van der Waals surface area contributed by atoms with Gasteiger partial charge in [-0.1, -0.05) is 17.3 Å². The van der Waals surface area contributed by atoms with E-state index < -0.39 is 0 Å². The quantitative estimate of drug-likeness (QED) is 0.705. The zero-order chi connectivity index (χ0) is 19.0. The van der Waals surface area contributed by atoms with Crippen LogP contribution in [0.3, 0.4) is 0 Å². The van der Waals surface area contributed by atoms with E-state index in [-0.39, 0.29) is 24.0 Å². The number of amides is 1. The summed E-state index contributed by atoms with van der Waals surface area (Å²) >= 11 is 0. The Morgan fingerprint density at radius 3 is 2.96 bits per heavy atom. The molecule has 1 aliphatic rings. The number of hydrogen-bond acceptors (Lipinski definition) is 5. The van der Waals surface area contributed by atoms with Crippen LogP contribution in [0.4, 0.5) is 0 Å². The van der Waals surface area contributed by atoms with Crippen molar-refractivity contribution < 1.29 is 14.1 Å². The van der Waals surface area contributed by atoms with E-state index in [0.29, 0.717) is 30.1 Å². The molecule has 0 saturated carbocycles. The second kappa shape index (κ2) is 6.90. The van der Waals surface area contributed by atoms with Gasteiger partial charge in [0.15, 0.2) is 5.58 Å². The van der Waals surface area contributed by atoms with E-state index in [4.69, 9.17) is 9.26 Å². The molecule has 2 aromatic heterocycles. The number of carbonyl (C=O) groups is 1. The van der Waals surface area contributed by atoms with Crippen LogP contribution >= 0.6 is 0 Å². The molecule has 1 fully saturated rings. The Morgan fingerprint density at radius 2 is 2.15 bits per heavy atom. The van der Waals surface area contributed by atoms with Gasteiger partial charge in [-0.15, -0.1) is 0 Å². The largest absolute Gasteiger partial charge is 0.488 e. The zero-order valence-electron chi connectivity index (χ0n) is 15.3. The van der Waals surface area contributed by atoms with E-state index in [2.05, 4.69) is 5.16 Å². The molecule has 0 N–H and O–H groups in total. The highest BCUT2D eigenvalue weighted by Crippen LogP contribution is 2.21. The minimum absolute atomic E-state index is 0.000286. The maximum absolute atomic E-state index is 12.6. The third-order valence-corrected chi connectivity index (χ3v) is 5.05. The minimum atomic E-state index is -0.116. The van der Waals surface area contributed by atoms with Gasteiger partial charge in [0.05, 0.1) is 13.0 Å². The Kier molecular flexibility index (Phi) is 4.43. The van der Waals surface area contributed by atoms with E-state index >= 15 is 0 Å². The number of rotatable bonds is 4. The minimum Gasteiger partial charge on any atom is -0.488 e. The number of pyridine rings is 1. The van der Waals surface area contributed by atoms with Crippen molar-refractivity contribution in [3.63, 3.8) is 0 Å². The fourth-order valence-corrected chi connectivity index (χ4v) is 3.37. The van der Waals surface area contributed by atoms with Gasteiger partial charge in [0.25, 0.3) is 5.56 Å². The fraction of sp³-hybridized carbons (Fsp3) is 0.350. The van der Waals surface area contributed by atoms with Gasteiger partial charge in [0.2, 0.25) is 5.91 Å². The monoisotopic (exact) mass is 367 g/mol. The molecule has 7 nitrogen and oxygen atoms in total. The topological polar surface area (TPSA) is 77.6 Å². The summed E-state index contributed by atoms with van der Waals surface area (Å²) in [5.41, 5.74) is 2.07. The lowest BCUT2D eigenvalue weighted by atomic mass is 10.1. The molecule has 0 spiro atoms. The SMILES string of the molecule is Cc1cc(OC2CCN(C(=O)Cc3noc4ccccc34)C2)cc(=O)n1C. The summed E-state index contributed by atoms with van der Waals surface area (Å²) in [6.07, 6.45) is 0.823. The van der Waals surface area contributed by atoms with Crippen LogP contribution in [0, 0.1) is 6.92 Å². The number of ether oxygens (including phenoxy) is 1. The van der Waals surface area contributed by atoms with Gasteiger partial charge in [-0.3, -0.25) is 9.59 Å². The molecule has 0 radical (unpaired) electrons. The molecule has 1 aliphatic heterocycles. The lowest BCUT2D eigenvalue weighted by Crippen LogP contribution is -2.32. The number of benzene rings is 1. The third kappa shape index (κ3) is 3.45. The number of carbonyl (C=O) groups excluding carboxylic acids is 1. The van der Waals surface area contributed by atoms with Crippen molar-refractivity contribution in [1.82, 2.24) is 14.6 Å². The molecule has 1 unspecified atom stereocenters. The van der Waals surface area contributed by atoms with E-state index in [1.807, 2.05) is 37.3 Å². The number of para-hydroxylation sites is 1. The first-order valence-corrected chi connectivity index (χ1v) is 8.96. The fourth-order valence-electron chi connectivity index (χ4n) is 3.37. The molecule has 1 aromatic carbocycles. The second-order valence-corrected chi connectivity index (χ2v) is 6.90. The van der Waals surface area contributed by atoms with Gasteiger partial charge in [0.1, 0.15) is 17.5 Å². The highest BCUT2D eigenvalue weighted by Gasteiger charge is 2.28. The summed E-state index contributed by atoms with van der Waals surface area (Å²) < 4.78 is 12.8. The van der Waals surface area contributed by atoms with Crippen molar-refractivity contribution in [3.05, 3.63) is 58.1 Å². The summed E-state index contributed by atoms with van der Waals surface area (Å²) in [4.78, 5) is 26.3. The lowest BCUT2D eigenvalue weighted by molar-refractivity contribution is -0.129. The smallest absolute Gasteiger partial charge is 0.254 e. The van der Waals surface area contributed by atoms with E-state index in [1.165, 1.54) is 6.07 Å². The summed E-state index contributed by atoms with van der Waals surface area (Å²) in [6, 6.07) is 10.8. The Labute approximate surface area is 156 Å². The predicted octanol–water partition coefficient (Wildman–Crippen LogP) is 2.06. The van der Waals surface area contributed by atoms with Crippen LogP contribution in [-0.2, 0) is 18.3 Å². The molecule has 3 heterocycles. The zero-order valence-corrected chi connectivity index (χ0v) is 15.3. The number of nitrogens with zero attached hydrogens (tertiary/aromatic N) is 3. The first-order valence-electron chi connectivity index (χ1n) is 8.96. The maximum atomic E-state index is 12.6. The van der Waals surface area contributed by atoms with Gasteiger partial charge in [-0.2, -0.15) is 0 Å². The number of likely N-dealkylation sites (tertiary alicyclic amines) is 1. The first-order chi connectivity index (χ1) is 13.0. The third-order valence-electron chi connectivity index (χ3n) is 5.05. The van der Waals surface area contributed by atoms with Crippen LogP contribution < -0.4 is 10.3 Å². The average molecular weight is 367 g/mol. The normalized spacial score (nSPS) is 16.8. The molecule has 3 aromatic rings. The predicted molar refractivity (Wildman–Crippen MR) is 99.7 cm³/mol. The van der Waals surface area contributed by atoms with Crippen LogP contribution in [0.5, 0.6) is 5.75 Å². The molecule has 1 amide bonds. The molecule has 27 heavy (non-hydrogen) atoms. The van der Waals surface area contributed by atoms with Crippen molar-refractivity contribution in [2.24, 2.45) is 7.05 Å². The molecule has 4 rings (SSSR count). The van der Waals surface area contributed by atoms with E-state index in [1.54, 1.807) is 16.5 Å². The Hall–Kier alpha value is -3.09. The van der Waals surface area contributed by atoms with Crippen molar-refractivity contribution in [2.45, 2.75) is 25.9 Å². The summed E-state index contributed by atoms with van der Waals surface area (Å²) in [5.74, 6) is 0.553. The molecule has 1 saturated heterocycles. The van der Waals surface area contributed by atoms with Gasteiger partial charge in [-0.25, -0.2) is 0 Å². The van der Waals surface area contributed by atoms with Crippen molar-refractivity contribution in [3.8, 4) is 5.75 Å². The number of aryl methyl sites for hydroxylation is 1. The van der Waals surface area contributed by atoms with Gasteiger partial charge < -0.3 is 18.7 Å². The van der Waals surface area contributed by atoms with Gasteiger partial charge in [0, 0.05) is 37.2 Å². The molecule has 0 bridgehead atoms. The molecule has 7 heteroatoms. The molecular formula is C20H21N3O4. The molecular weight excluding hydrogens is 346 g/mol. The van der Waals surface area contributed by atoms with Crippen molar-refractivity contribution in [2.75, 3.05) is 13.1 Å². The van der Waals surface area contributed by atoms with Gasteiger partial charge in [-0.05, 0) is 25.1 Å². The number of hydrogen-bond donors (Lipinski definition) is 0. The Bertz CT molecular complexity index is 1050. The number of aromatic nitrogens is 2. The maximum Gasteiger partial charge on any atom is 0.254 e. The molecule has 1 atom stereocenters. The highest BCUT2D eigenvalue weighted by atomic mass is 16.5. The summed E-state index contributed by atoms with van der Waals surface area (Å²) in [5, 5.41) is 4.90. The molecule has 0 aliphatic carbocycles. The first kappa shape index (κ1) is 17.3. The summed E-state index contributed by atoms with van der Waals surface area (Å²) in [7, 11) is 1.73. The van der Waals surface area contributed by atoms with Crippen molar-refractivity contribution >= 4 is 16.9 Å². The summed E-state index contributed by atoms with van der Waals surface area (Å²) in [6.45, 7) is 2.99. The van der Waals surface area contributed by atoms with Crippen LogP contribution in [0.2, 0.25) is 0 Å². The Morgan fingerprint density at radius 1 is 1.33 bits per heavy atom. The van der Waals surface area contributed by atoms with Crippen LogP contribution in [0.1, 0.15) is 17.8 Å². The van der Waals surface area contributed by atoms with Crippen LogP contribution in [0.25, 0.3) is 11.0 Å². The van der Waals surface area contributed by atoms with E-state index in [0.717, 1.165) is 17.5 Å².